The van der Waals surface area contributed by atoms with Crippen molar-refractivity contribution >= 4 is 22.4 Å². The SMILES string of the molecule is O=C(c1cccc(CO)c1)N1CCN(c2cncc3ccccc23)CC1. The van der Waals surface area contributed by atoms with Gasteiger partial charge in [0.15, 0.2) is 0 Å². The number of benzene rings is 2. The van der Waals surface area contributed by atoms with Crippen LogP contribution in [0, 0.1) is 0 Å². The average molecular weight is 347 g/mol. The van der Waals surface area contributed by atoms with Crippen LogP contribution in [0.5, 0.6) is 0 Å². The van der Waals surface area contributed by atoms with Crippen molar-refractivity contribution in [2.24, 2.45) is 0 Å². The molecule has 1 aromatic heterocycles. The average Bonchev–Trinajstić information content (AvgIpc) is 2.73. The molecule has 1 fully saturated rings. The van der Waals surface area contributed by atoms with E-state index in [1.54, 1.807) is 6.07 Å². The van der Waals surface area contributed by atoms with Gasteiger partial charge in [0.1, 0.15) is 0 Å². The Bertz CT molecular complexity index is 928. The molecule has 3 aromatic rings. The molecule has 1 aliphatic rings. The van der Waals surface area contributed by atoms with Crippen LogP contribution in [-0.2, 0) is 6.61 Å². The van der Waals surface area contributed by atoms with Gasteiger partial charge in [-0.3, -0.25) is 9.78 Å². The summed E-state index contributed by atoms with van der Waals surface area (Å²) in [6.45, 7) is 2.85. The van der Waals surface area contributed by atoms with Crippen LogP contribution in [0.25, 0.3) is 10.8 Å². The molecule has 2 aromatic carbocycles. The Morgan fingerprint density at radius 3 is 2.62 bits per heavy atom. The summed E-state index contributed by atoms with van der Waals surface area (Å²) in [5.41, 5.74) is 2.52. The summed E-state index contributed by atoms with van der Waals surface area (Å²) in [6.07, 6.45) is 3.79. The van der Waals surface area contributed by atoms with Gasteiger partial charge in [0, 0.05) is 48.7 Å². The Hall–Kier alpha value is -2.92. The number of aliphatic hydroxyl groups is 1. The lowest BCUT2D eigenvalue weighted by atomic mass is 10.1. The molecule has 1 amide bonds. The Balaban J connectivity index is 1.49. The quantitative estimate of drug-likeness (QED) is 0.791. The lowest BCUT2D eigenvalue weighted by Crippen LogP contribution is -2.48. The van der Waals surface area contributed by atoms with Crippen molar-refractivity contribution in [1.82, 2.24) is 9.88 Å². The first kappa shape index (κ1) is 16.5. The number of carbonyl (C=O) groups is 1. The highest BCUT2D eigenvalue weighted by atomic mass is 16.3. The third-order valence-electron chi connectivity index (χ3n) is 4.91. The van der Waals surface area contributed by atoms with E-state index in [2.05, 4.69) is 22.0 Å². The molecule has 0 atom stereocenters. The number of rotatable bonds is 3. The predicted molar refractivity (Wildman–Crippen MR) is 102 cm³/mol. The van der Waals surface area contributed by atoms with Crippen molar-refractivity contribution in [1.29, 1.82) is 0 Å². The van der Waals surface area contributed by atoms with Gasteiger partial charge >= 0.3 is 0 Å². The zero-order valence-corrected chi connectivity index (χ0v) is 14.5. The maximum Gasteiger partial charge on any atom is 0.253 e. The van der Waals surface area contributed by atoms with E-state index in [0.717, 1.165) is 29.7 Å². The van der Waals surface area contributed by atoms with Gasteiger partial charge in [0.25, 0.3) is 5.91 Å². The van der Waals surface area contributed by atoms with Crippen LogP contribution in [0.15, 0.2) is 60.9 Å². The first-order chi connectivity index (χ1) is 12.8. The first-order valence-electron chi connectivity index (χ1n) is 8.83. The van der Waals surface area contributed by atoms with Gasteiger partial charge in [-0.2, -0.15) is 0 Å². The van der Waals surface area contributed by atoms with Crippen molar-refractivity contribution in [2.75, 3.05) is 31.1 Å². The Labute approximate surface area is 152 Å². The molecule has 26 heavy (non-hydrogen) atoms. The van der Waals surface area contributed by atoms with E-state index >= 15 is 0 Å². The van der Waals surface area contributed by atoms with Crippen LogP contribution in [0.1, 0.15) is 15.9 Å². The van der Waals surface area contributed by atoms with Crippen molar-refractivity contribution in [3.8, 4) is 0 Å². The molecule has 0 spiro atoms. The second kappa shape index (κ2) is 7.14. The van der Waals surface area contributed by atoms with E-state index in [4.69, 9.17) is 0 Å². The Kier molecular flexibility index (Phi) is 4.54. The van der Waals surface area contributed by atoms with Gasteiger partial charge in [-0.25, -0.2) is 0 Å². The van der Waals surface area contributed by atoms with E-state index in [0.29, 0.717) is 18.7 Å². The molecule has 5 heteroatoms. The number of aliphatic hydroxyl groups excluding tert-OH is 1. The standard InChI is InChI=1S/C21H21N3O2/c25-15-16-4-3-6-17(12-16)21(26)24-10-8-23(9-11-24)20-14-22-13-18-5-1-2-7-19(18)20/h1-7,12-14,25H,8-11,15H2. The number of fused-ring (bicyclic) bond motifs is 1. The summed E-state index contributed by atoms with van der Waals surface area (Å²) in [7, 11) is 0. The molecule has 0 bridgehead atoms. The van der Waals surface area contributed by atoms with Crippen molar-refractivity contribution in [3.63, 3.8) is 0 Å². The van der Waals surface area contributed by atoms with Gasteiger partial charge in [0.05, 0.1) is 18.5 Å². The van der Waals surface area contributed by atoms with Gasteiger partial charge in [-0.15, -0.1) is 0 Å². The molecule has 1 aliphatic heterocycles. The van der Waals surface area contributed by atoms with Crippen molar-refractivity contribution in [2.45, 2.75) is 6.61 Å². The molecule has 0 aliphatic carbocycles. The minimum absolute atomic E-state index is 0.0241. The van der Waals surface area contributed by atoms with Crippen LogP contribution in [-0.4, -0.2) is 47.1 Å². The van der Waals surface area contributed by atoms with E-state index in [-0.39, 0.29) is 12.5 Å². The van der Waals surface area contributed by atoms with Crippen molar-refractivity contribution < 1.29 is 9.90 Å². The van der Waals surface area contributed by atoms with Crippen LogP contribution in [0.2, 0.25) is 0 Å². The van der Waals surface area contributed by atoms with E-state index in [9.17, 15) is 9.90 Å². The highest BCUT2D eigenvalue weighted by Crippen LogP contribution is 2.26. The number of anilines is 1. The summed E-state index contributed by atoms with van der Waals surface area (Å²) >= 11 is 0. The molecule has 0 saturated carbocycles. The Morgan fingerprint density at radius 2 is 1.81 bits per heavy atom. The summed E-state index contributed by atoms with van der Waals surface area (Å²) in [5, 5.41) is 11.6. The monoisotopic (exact) mass is 347 g/mol. The van der Waals surface area contributed by atoms with Crippen LogP contribution in [0.3, 0.4) is 0 Å². The molecule has 1 saturated heterocycles. The van der Waals surface area contributed by atoms with Gasteiger partial charge in [-0.05, 0) is 17.7 Å². The van der Waals surface area contributed by atoms with Gasteiger partial charge in [0.2, 0.25) is 0 Å². The molecule has 2 heterocycles. The van der Waals surface area contributed by atoms with E-state index < -0.39 is 0 Å². The fraction of sp³-hybridized carbons (Fsp3) is 0.238. The summed E-state index contributed by atoms with van der Waals surface area (Å²) in [4.78, 5) is 21.3. The third-order valence-corrected chi connectivity index (χ3v) is 4.91. The molecule has 132 valence electrons. The van der Waals surface area contributed by atoms with Gasteiger partial charge < -0.3 is 14.9 Å². The number of pyridine rings is 1. The topological polar surface area (TPSA) is 56.7 Å². The summed E-state index contributed by atoms with van der Waals surface area (Å²) in [5.74, 6) is 0.0241. The highest BCUT2D eigenvalue weighted by molar-refractivity contribution is 5.95. The maximum atomic E-state index is 12.7. The first-order valence-corrected chi connectivity index (χ1v) is 8.83. The zero-order chi connectivity index (χ0) is 17.9. The van der Waals surface area contributed by atoms with E-state index in [1.165, 1.54) is 5.39 Å². The number of piperazine rings is 1. The molecule has 4 rings (SSSR count). The second-order valence-corrected chi connectivity index (χ2v) is 6.52. The summed E-state index contributed by atoms with van der Waals surface area (Å²) in [6, 6.07) is 15.5. The number of hydrogen-bond donors (Lipinski definition) is 1. The van der Waals surface area contributed by atoms with Crippen LogP contribution in [0.4, 0.5) is 5.69 Å². The van der Waals surface area contributed by atoms with Crippen LogP contribution >= 0.6 is 0 Å². The molecular weight excluding hydrogens is 326 g/mol. The third kappa shape index (κ3) is 3.13. The van der Waals surface area contributed by atoms with Gasteiger partial charge in [-0.1, -0.05) is 36.4 Å². The minimum atomic E-state index is -0.0526. The highest BCUT2D eigenvalue weighted by Gasteiger charge is 2.23. The number of aromatic nitrogens is 1. The lowest BCUT2D eigenvalue weighted by Gasteiger charge is -2.36. The fourth-order valence-corrected chi connectivity index (χ4v) is 3.49. The molecule has 0 radical (unpaired) electrons. The summed E-state index contributed by atoms with van der Waals surface area (Å²) < 4.78 is 0. The van der Waals surface area contributed by atoms with E-state index in [1.807, 2.05) is 47.6 Å². The molecule has 0 unspecified atom stereocenters. The number of carbonyl (C=O) groups excluding carboxylic acids is 1. The maximum absolute atomic E-state index is 12.7. The molecule has 1 N–H and O–H groups in total. The van der Waals surface area contributed by atoms with Crippen LogP contribution < -0.4 is 4.90 Å². The second-order valence-electron chi connectivity index (χ2n) is 6.52. The fourth-order valence-electron chi connectivity index (χ4n) is 3.49. The van der Waals surface area contributed by atoms with Crippen molar-refractivity contribution in [3.05, 3.63) is 72.1 Å². The largest absolute Gasteiger partial charge is 0.392 e. The predicted octanol–water partition coefficient (Wildman–Crippen LogP) is 2.69. The molecular formula is C21H21N3O2. The zero-order valence-electron chi connectivity index (χ0n) is 14.5. The molecule has 5 nitrogen and oxygen atoms in total. The number of amides is 1. The lowest BCUT2D eigenvalue weighted by molar-refractivity contribution is 0.0746. The Morgan fingerprint density at radius 1 is 1.00 bits per heavy atom. The smallest absolute Gasteiger partial charge is 0.253 e. The number of nitrogens with zero attached hydrogens (tertiary/aromatic N) is 3. The normalized spacial score (nSPS) is 14.7. The minimum Gasteiger partial charge on any atom is -0.392 e. The number of hydrogen-bond acceptors (Lipinski definition) is 4.